The SMILES string of the molecule is CCC(F)(F)F.CCN(c1cc2oc(-c3ccc(Oc4cccc(F)c4)cc3)c(C(=O)NC)c2cc1-c1cccc(C(N)=O)c1)S(C)(=O)=O. The van der Waals surface area contributed by atoms with E-state index in [2.05, 4.69) is 5.32 Å². The minimum Gasteiger partial charge on any atom is -0.457 e. The Morgan fingerprint density at radius 3 is 2.12 bits per heavy atom. The van der Waals surface area contributed by atoms with Crippen molar-refractivity contribution in [3.8, 4) is 33.9 Å². The number of primary amides is 1. The van der Waals surface area contributed by atoms with Crippen molar-refractivity contribution in [1.29, 1.82) is 0 Å². The van der Waals surface area contributed by atoms with Gasteiger partial charge in [0.15, 0.2) is 0 Å². The number of fused-ring (bicyclic) bond motifs is 1. The van der Waals surface area contributed by atoms with E-state index in [9.17, 15) is 35.6 Å². The van der Waals surface area contributed by atoms with Gasteiger partial charge >= 0.3 is 6.18 Å². The maximum absolute atomic E-state index is 13.6. The molecule has 49 heavy (non-hydrogen) atoms. The zero-order valence-electron chi connectivity index (χ0n) is 26.9. The molecule has 0 aliphatic rings. The number of amides is 2. The smallest absolute Gasteiger partial charge is 0.388 e. The van der Waals surface area contributed by atoms with Crippen LogP contribution in [0.4, 0.5) is 23.2 Å². The molecule has 0 saturated heterocycles. The Labute approximate surface area is 280 Å². The van der Waals surface area contributed by atoms with Crippen LogP contribution in [0, 0.1) is 5.82 Å². The highest BCUT2D eigenvalue weighted by atomic mass is 32.2. The summed E-state index contributed by atoms with van der Waals surface area (Å²) < 4.78 is 84.8. The number of sulfonamides is 1. The molecule has 0 saturated carbocycles. The van der Waals surface area contributed by atoms with Crippen LogP contribution >= 0.6 is 0 Å². The predicted molar refractivity (Wildman–Crippen MR) is 180 cm³/mol. The van der Waals surface area contributed by atoms with Crippen LogP contribution in [0.1, 0.15) is 41.0 Å². The molecule has 0 spiro atoms. The number of halogens is 4. The van der Waals surface area contributed by atoms with Crippen LogP contribution in [-0.4, -0.2) is 46.3 Å². The Morgan fingerprint density at radius 1 is 0.918 bits per heavy atom. The van der Waals surface area contributed by atoms with Crippen LogP contribution in [0.5, 0.6) is 11.5 Å². The summed E-state index contributed by atoms with van der Waals surface area (Å²) in [6.45, 7) is 2.90. The van der Waals surface area contributed by atoms with Crippen molar-refractivity contribution in [2.24, 2.45) is 5.73 Å². The molecule has 5 aromatic rings. The monoisotopic (exact) mass is 699 g/mol. The third-order valence-corrected chi connectivity index (χ3v) is 8.48. The molecule has 9 nitrogen and oxygen atoms in total. The number of benzene rings is 4. The molecule has 3 N–H and O–H groups in total. The summed E-state index contributed by atoms with van der Waals surface area (Å²) in [7, 11) is -2.23. The van der Waals surface area contributed by atoms with Crippen molar-refractivity contribution >= 4 is 38.5 Å². The molecule has 0 bridgehead atoms. The molecule has 0 radical (unpaired) electrons. The molecule has 0 unspecified atom stereocenters. The van der Waals surface area contributed by atoms with Crippen molar-refractivity contribution in [2.75, 3.05) is 24.2 Å². The highest BCUT2D eigenvalue weighted by Crippen LogP contribution is 2.42. The minimum absolute atomic E-state index is 0.121. The number of nitrogens with zero attached hydrogens (tertiary/aromatic N) is 1. The van der Waals surface area contributed by atoms with Crippen LogP contribution in [0.3, 0.4) is 0 Å². The zero-order valence-corrected chi connectivity index (χ0v) is 27.7. The van der Waals surface area contributed by atoms with Gasteiger partial charge in [0.2, 0.25) is 15.9 Å². The molecule has 258 valence electrons. The van der Waals surface area contributed by atoms with Crippen LogP contribution in [0.2, 0.25) is 0 Å². The van der Waals surface area contributed by atoms with E-state index in [1.165, 1.54) is 23.5 Å². The summed E-state index contributed by atoms with van der Waals surface area (Å²) in [5.74, 6) is -0.463. The van der Waals surface area contributed by atoms with Crippen molar-refractivity contribution in [1.82, 2.24) is 5.32 Å². The average Bonchev–Trinajstić information content (AvgIpc) is 3.42. The number of carbonyl (C=O) groups excluding carboxylic acids is 2. The fourth-order valence-corrected chi connectivity index (χ4v) is 5.87. The summed E-state index contributed by atoms with van der Waals surface area (Å²) in [5, 5.41) is 3.08. The number of alkyl halides is 3. The fraction of sp³-hybridized carbons (Fsp3) is 0.200. The van der Waals surface area contributed by atoms with Crippen molar-refractivity contribution in [3.05, 3.63) is 102 Å². The quantitative estimate of drug-likeness (QED) is 0.150. The molecule has 0 aliphatic heterocycles. The normalized spacial score (nSPS) is 11.4. The zero-order chi connectivity index (χ0) is 36.1. The van der Waals surface area contributed by atoms with Gasteiger partial charge in [-0.15, -0.1) is 0 Å². The van der Waals surface area contributed by atoms with E-state index in [0.29, 0.717) is 39.3 Å². The first-order valence-corrected chi connectivity index (χ1v) is 16.7. The van der Waals surface area contributed by atoms with Gasteiger partial charge in [0.25, 0.3) is 5.91 Å². The van der Waals surface area contributed by atoms with Gasteiger partial charge in [-0.2, -0.15) is 13.2 Å². The number of nitrogens with two attached hydrogens (primary N) is 1. The number of nitrogens with one attached hydrogen (secondary N) is 1. The minimum atomic E-state index is -3.96. The lowest BCUT2D eigenvalue weighted by molar-refractivity contribution is -0.130. The fourth-order valence-electron chi connectivity index (χ4n) is 4.89. The summed E-state index contributed by atoms with van der Waals surface area (Å²) in [5.41, 5.74) is 8.11. The lowest BCUT2D eigenvalue weighted by atomic mass is 9.97. The molecule has 1 heterocycles. The van der Waals surface area contributed by atoms with E-state index in [4.69, 9.17) is 14.9 Å². The Bertz CT molecular complexity index is 2100. The second-order valence-corrected chi connectivity index (χ2v) is 12.6. The standard InChI is InChI=1S/C32H28FN3O6S.C3H5F3/c1-4-36(43(3,39)40)27-18-28-26(17-25(27)20-7-5-8-21(15-20)31(34)37)29(32(38)35-2)30(42-28)19-11-13-23(14-12-19)41-24-10-6-9-22(33)16-24;1-2-3(4,5)6/h5-18H,4H2,1-3H3,(H2,34,37)(H,35,38);2H2,1H3. The predicted octanol–water partition coefficient (Wildman–Crippen LogP) is 7.90. The highest BCUT2D eigenvalue weighted by molar-refractivity contribution is 7.92. The summed E-state index contributed by atoms with van der Waals surface area (Å²) >= 11 is 0. The number of carbonyl (C=O) groups is 2. The average molecular weight is 700 g/mol. The molecule has 5 rings (SSSR count). The first-order chi connectivity index (χ1) is 23.1. The summed E-state index contributed by atoms with van der Waals surface area (Å²) in [6, 6.07) is 22.2. The number of ether oxygens (including phenoxy) is 1. The van der Waals surface area contributed by atoms with E-state index in [-0.39, 0.29) is 29.0 Å². The van der Waals surface area contributed by atoms with E-state index in [1.54, 1.807) is 79.7 Å². The second-order valence-electron chi connectivity index (χ2n) is 10.7. The molecule has 2 amide bonds. The molecule has 0 atom stereocenters. The maximum atomic E-state index is 13.6. The third kappa shape index (κ3) is 8.76. The topological polar surface area (TPSA) is 132 Å². The maximum Gasteiger partial charge on any atom is 0.388 e. The van der Waals surface area contributed by atoms with Gasteiger partial charge in [0.1, 0.15) is 28.7 Å². The van der Waals surface area contributed by atoms with Gasteiger partial charge in [-0.3, -0.25) is 13.9 Å². The van der Waals surface area contributed by atoms with E-state index < -0.39 is 40.3 Å². The Morgan fingerprint density at radius 2 is 1.57 bits per heavy atom. The first-order valence-electron chi connectivity index (χ1n) is 14.9. The van der Waals surface area contributed by atoms with Crippen LogP contribution in [-0.2, 0) is 10.0 Å². The molecule has 1 aromatic heterocycles. The van der Waals surface area contributed by atoms with Crippen molar-refractivity contribution < 1.29 is 44.7 Å². The Hall–Kier alpha value is -5.37. The number of rotatable bonds is 9. The highest BCUT2D eigenvalue weighted by Gasteiger charge is 2.27. The third-order valence-electron chi connectivity index (χ3n) is 7.22. The van der Waals surface area contributed by atoms with Gasteiger partial charge in [-0.1, -0.05) is 25.1 Å². The van der Waals surface area contributed by atoms with E-state index in [0.717, 1.165) is 13.2 Å². The van der Waals surface area contributed by atoms with E-state index in [1.807, 2.05) is 0 Å². The van der Waals surface area contributed by atoms with Gasteiger partial charge in [-0.25, -0.2) is 12.8 Å². The van der Waals surface area contributed by atoms with Gasteiger partial charge in [0.05, 0.1) is 17.5 Å². The van der Waals surface area contributed by atoms with Crippen molar-refractivity contribution in [3.63, 3.8) is 0 Å². The molecular weight excluding hydrogens is 666 g/mol. The summed E-state index contributed by atoms with van der Waals surface area (Å²) in [6.07, 6.45) is -3.59. The number of furan rings is 1. The molecule has 0 fully saturated rings. The van der Waals surface area contributed by atoms with Gasteiger partial charge in [0, 0.05) is 54.2 Å². The second kappa shape index (κ2) is 14.8. The lowest BCUT2D eigenvalue weighted by Crippen LogP contribution is -2.30. The molecule has 14 heteroatoms. The van der Waals surface area contributed by atoms with Crippen LogP contribution < -0.4 is 20.1 Å². The molecular formula is C35H33F4N3O6S. The number of anilines is 1. The van der Waals surface area contributed by atoms with Gasteiger partial charge < -0.3 is 20.2 Å². The number of hydrogen-bond donors (Lipinski definition) is 2. The molecule has 4 aromatic carbocycles. The van der Waals surface area contributed by atoms with Gasteiger partial charge in [-0.05, 0) is 67.1 Å². The Balaban J connectivity index is 0.000000827. The lowest BCUT2D eigenvalue weighted by Gasteiger charge is -2.24. The number of hydrogen-bond acceptors (Lipinski definition) is 6. The first kappa shape index (κ1) is 36.5. The largest absolute Gasteiger partial charge is 0.457 e. The van der Waals surface area contributed by atoms with E-state index >= 15 is 0 Å². The van der Waals surface area contributed by atoms with Crippen molar-refractivity contribution in [2.45, 2.75) is 26.4 Å². The molecule has 0 aliphatic carbocycles. The summed E-state index contributed by atoms with van der Waals surface area (Å²) in [4.78, 5) is 25.2. The Kier molecular flexibility index (Phi) is 11.0. The van der Waals surface area contributed by atoms with Crippen LogP contribution in [0.25, 0.3) is 33.4 Å². The van der Waals surface area contributed by atoms with Crippen LogP contribution in [0.15, 0.2) is 89.3 Å².